The Hall–Kier alpha value is 0.0500. The third kappa shape index (κ3) is 2.24. The van der Waals surface area contributed by atoms with Crippen molar-refractivity contribution in [1.29, 1.82) is 0 Å². The molecule has 1 atom stereocenters. The van der Waals surface area contributed by atoms with Gasteiger partial charge in [-0.15, -0.1) is 23.2 Å². The van der Waals surface area contributed by atoms with Crippen LogP contribution in [0.4, 0.5) is 0 Å². The number of esters is 1. The molecule has 2 nitrogen and oxygen atoms in total. The minimum absolute atomic E-state index is 0.0905. The second kappa shape index (κ2) is 2.83. The Labute approximate surface area is 75.8 Å². The average molecular weight is 197 g/mol. The normalized spacial score (nSPS) is 26.8. The Morgan fingerprint density at radius 1 is 1.64 bits per heavy atom. The molecule has 0 heterocycles. The lowest BCUT2D eigenvalue weighted by Crippen LogP contribution is -2.15. The Morgan fingerprint density at radius 2 is 2.09 bits per heavy atom. The molecule has 11 heavy (non-hydrogen) atoms. The van der Waals surface area contributed by atoms with Crippen LogP contribution in [0, 0.1) is 5.92 Å². The third-order valence-electron chi connectivity index (χ3n) is 1.46. The summed E-state index contributed by atoms with van der Waals surface area (Å²) < 4.78 is 4.05. The lowest BCUT2D eigenvalue weighted by atomic mass is 10.4. The number of halogens is 2. The van der Waals surface area contributed by atoms with Crippen LogP contribution in [0.15, 0.2) is 0 Å². The highest BCUT2D eigenvalue weighted by atomic mass is 35.5. The summed E-state index contributed by atoms with van der Waals surface area (Å²) in [5, 5.41) is 0. The second-order valence-corrected chi connectivity index (χ2v) is 4.55. The average Bonchev–Trinajstić information content (AvgIpc) is 2.38. The standard InChI is InChI=1S/C7H10Cl2O2/c1-4(2)11-6(10)5-3-7(5,8)9/h4-5H,3H2,1-2H3. The van der Waals surface area contributed by atoms with Crippen LogP contribution in [0.1, 0.15) is 20.3 Å². The molecule has 0 spiro atoms. The second-order valence-electron chi connectivity index (χ2n) is 3.00. The van der Waals surface area contributed by atoms with Gasteiger partial charge in [0, 0.05) is 0 Å². The van der Waals surface area contributed by atoms with Crippen LogP contribution in [0.5, 0.6) is 0 Å². The van der Waals surface area contributed by atoms with Crippen molar-refractivity contribution in [2.75, 3.05) is 0 Å². The van der Waals surface area contributed by atoms with Crippen molar-refractivity contribution >= 4 is 29.2 Å². The van der Waals surface area contributed by atoms with Crippen molar-refractivity contribution < 1.29 is 9.53 Å². The van der Waals surface area contributed by atoms with E-state index in [1.54, 1.807) is 13.8 Å². The van der Waals surface area contributed by atoms with Gasteiger partial charge < -0.3 is 4.74 Å². The molecule has 0 radical (unpaired) electrons. The minimum Gasteiger partial charge on any atom is -0.463 e. The maximum Gasteiger partial charge on any atom is 0.312 e. The predicted molar refractivity (Wildman–Crippen MR) is 43.8 cm³/mol. The number of carbonyl (C=O) groups is 1. The number of ether oxygens (including phenoxy) is 1. The van der Waals surface area contributed by atoms with Crippen molar-refractivity contribution in [3.63, 3.8) is 0 Å². The Balaban J connectivity index is 2.34. The zero-order valence-corrected chi connectivity index (χ0v) is 7.95. The summed E-state index contributed by atoms with van der Waals surface area (Å²) in [6.07, 6.45) is 0.425. The molecule has 4 heteroatoms. The minimum atomic E-state index is -0.855. The van der Waals surface area contributed by atoms with Crippen molar-refractivity contribution in [1.82, 2.24) is 0 Å². The third-order valence-corrected chi connectivity index (χ3v) is 2.30. The van der Waals surface area contributed by atoms with Gasteiger partial charge in [-0.2, -0.15) is 0 Å². The Morgan fingerprint density at radius 3 is 2.36 bits per heavy atom. The molecule has 0 saturated heterocycles. The number of alkyl halides is 2. The fourth-order valence-electron chi connectivity index (χ4n) is 0.783. The summed E-state index contributed by atoms with van der Waals surface area (Å²) >= 11 is 11.3. The molecule has 0 amide bonds. The first-order valence-electron chi connectivity index (χ1n) is 3.52. The van der Waals surface area contributed by atoms with E-state index in [1.165, 1.54) is 0 Å². The number of carbonyl (C=O) groups excluding carboxylic acids is 1. The lowest BCUT2D eigenvalue weighted by Gasteiger charge is -2.06. The molecule has 1 fully saturated rings. The van der Waals surface area contributed by atoms with Gasteiger partial charge in [-0.05, 0) is 20.3 Å². The van der Waals surface area contributed by atoms with E-state index in [4.69, 9.17) is 27.9 Å². The predicted octanol–water partition coefficient (Wildman–Crippen LogP) is 2.13. The quantitative estimate of drug-likeness (QED) is 0.500. The van der Waals surface area contributed by atoms with E-state index >= 15 is 0 Å². The van der Waals surface area contributed by atoms with Crippen molar-refractivity contribution in [3.05, 3.63) is 0 Å². The van der Waals surface area contributed by atoms with E-state index in [0.717, 1.165) is 0 Å². The monoisotopic (exact) mass is 196 g/mol. The first-order chi connectivity index (χ1) is 4.93. The molecule has 1 unspecified atom stereocenters. The molecular formula is C7H10Cl2O2. The number of hydrogen-bond acceptors (Lipinski definition) is 2. The van der Waals surface area contributed by atoms with Gasteiger partial charge in [0.15, 0.2) is 0 Å². The van der Waals surface area contributed by atoms with Crippen LogP contribution in [0.2, 0.25) is 0 Å². The van der Waals surface area contributed by atoms with Crippen LogP contribution in [-0.4, -0.2) is 16.4 Å². The van der Waals surface area contributed by atoms with Gasteiger partial charge >= 0.3 is 5.97 Å². The van der Waals surface area contributed by atoms with Crippen molar-refractivity contribution in [2.45, 2.75) is 30.7 Å². The van der Waals surface area contributed by atoms with Gasteiger partial charge in [-0.1, -0.05) is 0 Å². The topological polar surface area (TPSA) is 26.3 Å². The number of hydrogen-bond donors (Lipinski definition) is 0. The smallest absolute Gasteiger partial charge is 0.312 e. The van der Waals surface area contributed by atoms with Crippen molar-refractivity contribution in [3.8, 4) is 0 Å². The zero-order chi connectivity index (χ0) is 8.65. The Kier molecular flexibility index (Phi) is 2.35. The van der Waals surface area contributed by atoms with Gasteiger partial charge in [0.05, 0.1) is 12.0 Å². The molecular weight excluding hydrogens is 187 g/mol. The highest BCUT2D eigenvalue weighted by Gasteiger charge is 2.57. The fraction of sp³-hybridized carbons (Fsp3) is 0.857. The lowest BCUT2D eigenvalue weighted by molar-refractivity contribution is -0.148. The molecule has 0 aromatic carbocycles. The zero-order valence-electron chi connectivity index (χ0n) is 6.43. The number of rotatable bonds is 2. The van der Waals surface area contributed by atoms with Crippen LogP contribution >= 0.6 is 23.2 Å². The molecule has 1 rings (SSSR count). The van der Waals surface area contributed by atoms with E-state index in [0.29, 0.717) is 6.42 Å². The summed E-state index contributed by atoms with van der Waals surface area (Å²) in [4.78, 5) is 11.0. The molecule has 0 aliphatic heterocycles. The summed E-state index contributed by atoms with van der Waals surface area (Å²) in [6, 6.07) is 0. The van der Waals surface area contributed by atoms with E-state index in [1.807, 2.05) is 0 Å². The molecule has 1 aliphatic rings. The maximum absolute atomic E-state index is 11.0. The highest BCUT2D eigenvalue weighted by Crippen LogP contribution is 2.53. The highest BCUT2D eigenvalue weighted by molar-refractivity contribution is 6.52. The van der Waals surface area contributed by atoms with Crippen molar-refractivity contribution in [2.24, 2.45) is 5.92 Å². The molecule has 64 valence electrons. The van der Waals surface area contributed by atoms with Gasteiger partial charge in [0.2, 0.25) is 0 Å². The van der Waals surface area contributed by atoms with Crippen LogP contribution < -0.4 is 0 Å². The van der Waals surface area contributed by atoms with Crippen LogP contribution in [-0.2, 0) is 9.53 Å². The van der Waals surface area contributed by atoms with E-state index in [2.05, 4.69) is 0 Å². The fourth-order valence-corrected chi connectivity index (χ4v) is 1.27. The molecule has 1 saturated carbocycles. The Bertz CT molecular complexity index is 177. The molecule has 0 aromatic heterocycles. The largest absolute Gasteiger partial charge is 0.463 e. The van der Waals surface area contributed by atoms with E-state index in [9.17, 15) is 4.79 Å². The molecule has 0 bridgehead atoms. The van der Waals surface area contributed by atoms with Gasteiger partial charge in [0.1, 0.15) is 4.33 Å². The maximum atomic E-state index is 11.0. The first kappa shape index (κ1) is 9.14. The summed E-state index contributed by atoms with van der Waals surface area (Å²) in [6.45, 7) is 3.59. The van der Waals surface area contributed by atoms with E-state index < -0.39 is 4.33 Å². The molecule has 1 aliphatic carbocycles. The van der Waals surface area contributed by atoms with Gasteiger partial charge in [-0.3, -0.25) is 4.79 Å². The van der Waals surface area contributed by atoms with Crippen LogP contribution in [0.3, 0.4) is 0 Å². The summed E-state index contributed by atoms with van der Waals surface area (Å²) in [5.74, 6) is -0.599. The summed E-state index contributed by atoms with van der Waals surface area (Å²) in [7, 11) is 0. The molecule has 0 aromatic rings. The summed E-state index contributed by atoms with van der Waals surface area (Å²) in [5.41, 5.74) is 0. The molecule has 0 N–H and O–H groups in total. The van der Waals surface area contributed by atoms with E-state index in [-0.39, 0.29) is 18.0 Å². The van der Waals surface area contributed by atoms with Gasteiger partial charge in [-0.25, -0.2) is 0 Å². The SMILES string of the molecule is CC(C)OC(=O)C1CC1(Cl)Cl. The van der Waals surface area contributed by atoms with Gasteiger partial charge in [0.25, 0.3) is 0 Å². The first-order valence-corrected chi connectivity index (χ1v) is 4.27. The van der Waals surface area contributed by atoms with Crippen LogP contribution in [0.25, 0.3) is 0 Å².